The molecule has 0 aromatic carbocycles. The second kappa shape index (κ2) is 3.09. The number of rotatable bonds is 2. The standard InChI is InChI=1S/C7H9N5O2/c1-8-5(13)2-4-6(14)11-7-9-3-10-12(4)7/h3-4H,2H2,1H3,(H,8,13)(H,9,10,11,14)/t4-/m1/s1. The van der Waals surface area contributed by atoms with Crippen LogP contribution in [-0.4, -0.2) is 33.6 Å². The Morgan fingerprint density at radius 3 is 3.29 bits per heavy atom. The molecule has 1 aliphatic heterocycles. The topological polar surface area (TPSA) is 88.9 Å². The number of carbonyl (C=O) groups is 2. The van der Waals surface area contributed by atoms with Crippen molar-refractivity contribution in [2.75, 3.05) is 12.4 Å². The molecule has 0 spiro atoms. The van der Waals surface area contributed by atoms with Gasteiger partial charge in [-0.2, -0.15) is 10.1 Å². The van der Waals surface area contributed by atoms with Gasteiger partial charge in [0, 0.05) is 7.05 Å². The van der Waals surface area contributed by atoms with Gasteiger partial charge in [-0.3, -0.25) is 14.9 Å². The van der Waals surface area contributed by atoms with Crippen LogP contribution < -0.4 is 10.6 Å². The molecule has 7 nitrogen and oxygen atoms in total. The molecule has 0 radical (unpaired) electrons. The molecule has 2 rings (SSSR count). The molecule has 1 atom stereocenters. The zero-order valence-corrected chi connectivity index (χ0v) is 7.52. The summed E-state index contributed by atoms with van der Waals surface area (Å²) in [6, 6.07) is -0.576. The summed E-state index contributed by atoms with van der Waals surface area (Å²) < 4.78 is 1.41. The first kappa shape index (κ1) is 8.67. The molecule has 1 aliphatic rings. The van der Waals surface area contributed by atoms with Gasteiger partial charge in [-0.05, 0) is 0 Å². The summed E-state index contributed by atoms with van der Waals surface area (Å²) in [6.07, 6.45) is 1.42. The maximum atomic E-state index is 11.4. The quantitative estimate of drug-likeness (QED) is 0.627. The van der Waals surface area contributed by atoms with Crippen LogP contribution in [-0.2, 0) is 9.59 Å². The lowest BCUT2D eigenvalue weighted by Crippen LogP contribution is -2.26. The zero-order valence-electron chi connectivity index (χ0n) is 7.52. The highest BCUT2D eigenvalue weighted by Crippen LogP contribution is 2.23. The van der Waals surface area contributed by atoms with Gasteiger partial charge >= 0.3 is 0 Å². The van der Waals surface area contributed by atoms with E-state index in [1.807, 2.05) is 0 Å². The number of nitrogens with one attached hydrogen (secondary N) is 2. The molecule has 0 saturated carbocycles. The molecule has 2 heterocycles. The summed E-state index contributed by atoms with van der Waals surface area (Å²) in [5.74, 6) is -0.0541. The maximum Gasteiger partial charge on any atom is 0.252 e. The molecular weight excluding hydrogens is 186 g/mol. The van der Waals surface area contributed by atoms with E-state index in [1.165, 1.54) is 18.1 Å². The Morgan fingerprint density at radius 2 is 2.57 bits per heavy atom. The van der Waals surface area contributed by atoms with E-state index in [9.17, 15) is 9.59 Å². The molecular formula is C7H9N5O2. The van der Waals surface area contributed by atoms with Crippen molar-refractivity contribution < 1.29 is 9.59 Å². The zero-order chi connectivity index (χ0) is 10.1. The van der Waals surface area contributed by atoms with Gasteiger partial charge in [-0.25, -0.2) is 4.68 Å². The minimum Gasteiger partial charge on any atom is -0.359 e. The molecule has 7 heteroatoms. The summed E-state index contributed by atoms with van der Waals surface area (Å²) in [6.45, 7) is 0. The Kier molecular flexibility index (Phi) is 1.91. The van der Waals surface area contributed by atoms with Crippen LogP contribution in [0.3, 0.4) is 0 Å². The lowest BCUT2D eigenvalue weighted by Gasteiger charge is -2.06. The summed E-state index contributed by atoms with van der Waals surface area (Å²) in [7, 11) is 1.53. The molecule has 1 aromatic heterocycles. The lowest BCUT2D eigenvalue weighted by molar-refractivity contribution is -0.126. The van der Waals surface area contributed by atoms with Gasteiger partial charge in [0.1, 0.15) is 12.4 Å². The number of hydrogen-bond acceptors (Lipinski definition) is 4. The molecule has 0 bridgehead atoms. The van der Waals surface area contributed by atoms with Crippen LogP contribution in [0.5, 0.6) is 0 Å². The van der Waals surface area contributed by atoms with E-state index in [1.54, 1.807) is 0 Å². The molecule has 0 aliphatic carbocycles. The highest BCUT2D eigenvalue weighted by molar-refractivity contribution is 5.98. The van der Waals surface area contributed by atoms with Crippen molar-refractivity contribution in [3.05, 3.63) is 6.33 Å². The fourth-order valence-corrected chi connectivity index (χ4v) is 1.33. The van der Waals surface area contributed by atoms with Crippen molar-refractivity contribution in [3.8, 4) is 0 Å². The van der Waals surface area contributed by atoms with Crippen LogP contribution in [0, 0.1) is 0 Å². The number of aromatic nitrogens is 3. The third-order valence-corrected chi connectivity index (χ3v) is 2.06. The Hall–Kier alpha value is -1.92. The highest BCUT2D eigenvalue weighted by Gasteiger charge is 2.33. The van der Waals surface area contributed by atoms with Crippen LogP contribution in [0.4, 0.5) is 5.95 Å². The van der Waals surface area contributed by atoms with Crippen molar-refractivity contribution >= 4 is 17.8 Å². The van der Waals surface area contributed by atoms with Crippen molar-refractivity contribution in [1.29, 1.82) is 0 Å². The largest absolute Gasteiger partial charge is 0.359 e. The van der Waals surface area contributed by atoms with Gasteiger partial charge in [0.2, 0.25) is 11.9 Å². The smallest absolute Gasteiger partial charge is 0.252 e. The minimum atomic E-state index is -0.576. The summed E-state index contributed by atoms with van der Waals surface area (Å²) >= 11 is 0. The second-order valence-electron chi connectivity index (χ2n) is 2.91. The van der Waals surface area contributed by atoms with Crippen LogP contribution in [0.15, 0.2) is 6.33 Å². The molecule has 2 amide bonds. The SMILES string of the molecule is CNC(=O)C[C@@H]1C(=O)Nc2ncnn21. The van der Waals surface area contributed by atoms with E-state index < -0.39 is 6.04 Å². The van der Waals surface area contributed by atoms with Gasteiger partial charge < -0.3 is 5.32 Å². The summed E-state index contributed by atoms with van der Waals surface area (Å²) in [5.41, 5.74) is 0. The highest BCUT2D eigenvalue weighted by atomic mass is 16.2. The fraction of sp³-hybridized carbons (Fsp3) is 0.429. The van der Waals surface area contributed by atoms with E-state index in [-0.39, 0.29) is 18.2 Å². The van der Waals surface area contributed by atoms with Crippen LogP contribution in [0.1, 0.15) is 12.5 Å². The lowest BCUT2D eigenvalue weighted by atomic mass is 10.2. The number of nitrogens with zero attached hydrogens (tertiary/aromatic N) is 3. The third-order valence-electron chi connectivity index (χ3n) is 2.06. The van der Waals surface area contributed by atoms with E-state index in [0.717, 1.165) is 0 Å². The van der Waals surface area contributed by atoms with Crippen LogP contribution in [0.25, 0.3) is 0 Å². The number of fused-ring (bicyclic) bond motifs is 1. The van der Waals surface area contributed by atoms with Gasteiger partial charge in [-0.15, -0.1) is 0 Å². The Morgan fingerprint density at radius 1 is 1.79 bits per heavy atom. The van der Waals surface area contributed by atoms with Crippen molar-refractivity contribution in [2.45, 2.75) is 12.5 Å². The van der Waals surface area contributed by atoms with Gasteiger partial charge in [0.15, 0.2) is 0 Å². The second-order valence-corrected chi connectivity index (χ2v) is 2.91. The van der Waals surface area contributed by atoms with E-state index in [0.29, 0.717) is 5.95 Å². The number of anilines is 1. The molecule has 2 N–H and O–H groups in total. The molecule has 14 heavy (non-hydrogen) atoms. The predicted octanol–water partition coefficient (Wildman–Crippen LogP) is -1.09. The first-order valence-electron chi connectivity index (χ1n) is 4.13. The van der Waals surface area contributed by atoms with E-state index in [4.69, 9.17) is 0 Å². The average Bonchev–Trinajstić information content (AvgIpc) is 2.70. The maximum absolute atomic E-state index is 11.4. The van der Waals surface area contributed by atoms with E-state index in [2.05, 4.69) is 20.7 Å². The van der Waals surface area contributed by atoms with Gasteiger partial charge in [0.25, 0.3) is 5.91 Å². The first-order valence-corrected chi connectivity index (χ1v) is 4.13. The average molecular weight is 195 g/mol. The summed E-state index contributed by atoms with van der Waals surface area (Å²) in [4.78, 5) is 26.3. The molecule has 1 aromatic rings. The van der Waals surface area contributed by atoms with Crippen LogP contribution in [0.2, 0.25) is 0 Å². The summed E-state index contributed by atoms with van der Waals surface area (Å²) in [5, 5.41) is 8.84. The Balaban J connectivity index is 2.20. The predicted molar refractivity (Wildman–Crippen MR) is 46.4 cm³/mol. The molecule has 74 valence electrons. The number of hydrogen-bond donors (Lipinski definition) is 2. The molecule has 0 saturated heterocycles. The Bertz CT molecular complexity index is 385. The minimum absolute atomic E-state index is 0.0820. The van der Waals surface area contributed by atoms with Crippen molar-refractivity contribution in [2.24, 2.45) is 0 Å². The van der Waals surface area contributed by atoms with Crippen molar-refractivity contribution in [1.82, 2.24) is 20.1 Å². The molecule has 0 unspecified atom stereocenters. The third kappa shape index (κ3) is 1.22. The first-order chi connectivity index (χ1) is 6.72. The van der Waals surface area contributed by atoms with E-state index >= 15 is 0 Å². The number of amides is 2. The normalized spacial score (nSPS) is 18.9. The van der Waals surface area contributed by atoms with Gasteiger partial charge in [0.05, 0.1) is 6.42 Å². The van der Waals surface area contributed by atoms with Crippen molar-refractivity contribution in [3.63, 3.8) is 0 Å². The molecule has 0 fully saturated rings. The Labute approximate surface area is 79.5 Å². The monoisotopic (exact) mass is 195 g/mol. The van der Waals surface area contributed by atoms with Gasteiger partial charge in [-0.1, -0.05) is 0 Å². The van der Waals surface area contributed by atoms with Crippen LogP contribution >= 0.6 is 0 Å². The fourth-order valence-electron chi connectivity index (χ4n) is 1.33. The number of carbonyl (C=O) groups excluding carboxylic acids is 2.